The zero-order valence-electron chi connectivity index (χ0n) is 47.8. The van der Waals surface area contributed by atoms with E-state index in [1.165, 1.54) is 0 Å². The predicted octanol–water partition coefficient (Wildman–Crippen LogP) is 15.1. The Morgan fingerprint density at radius 3 is 1.88 bits per heavy atom. The van der Waals surface area contributed by atoms with Gasteiger partial charge in [-0.15, -0.1) is 11.8 Å². The Morgan fingerprint density at radius 1 is 0.773 bits per heavy atom. The molecule has 0 amide bonds. The first-order chi connectivity index (χ1) is 35.3. The van der Waals surface area contributed by atoms with Gasteiger partial charge in [-0.1, -0.05) is 196 Å². The van der Waals surface area contributed by atoms with Crippen molar-refractivity contribution in [2.24, 2.45) is 11.8 Å². The summed E-state index contributed by atoms with van der Waals surface area (Å²) in [6.45, 7) is 31.7. The minimum atomic E-state index is -3.22. The second-order valence-electron chi connectivity index (χ2n) is 24.5. The highest BCUT2D eigenvalue weighted by Crippen LogP contribution is 2.49. The second kappa shape index (κ2) is 25.6. The van der Waals surface area contributed by atoms with Gasteiger partial charge in [-0.05, 0) is 119 Å². The molecule has 1 N–H and O–H groups in total. The molecule has 5 aromatic rings. The standard InChI is InChI=1S/C63H88O8SSi3/c1-46(47(2)44-62(6,7)75(65,50-32-24-18-25-33-50)51-34-26-19-27-35-51)36-38-55(71-74(14,15)61(3,4)5)59-54(69-63(8,9)70-59)40-41-56(72-49-30-22-17-23-31-49)57-52(48-28-20-16-21-29-48)37-39-53(68-45-66-10)58(57)60(64)67-42-43-73(11,12)13/h16-39,46-47,54-56,59,65H,40-45H2,1-15H3/b38-36-/t46-,47-,54+,55?,56?,59+/m1/s1. The van der Waals surface area contributed by atoms with E-state index in [0.717, 1.165) is 44.4 Å². The normalized spacial score (nSPS) is 18.1. The van der Waals surface area contributed by atoms with Crippen molar-refractivity contribution in [1.29, 1.82) is 0 Å². The highest BCUT2D eigenvalue weighted by molar-refractivity contribution is 7.99. The largest absolute Gasteiger partial charge is 0.467 e. The van der Waals surface area contributed by atoms with E-state index in [-0.39, 0.29) is 35.0 Å². The fourth-order valence-electron chi connectivity index (χ4n) is 10.0. The lowest BCUT2D eigenvalue weighted by Crippen LogP contribution is -2.65. The Bertz CT molecular complexity index is 2560. The van der Waals surface area contributed by atoms with E-state index in [1.807, 2.05) is 80.6 Å². The van der Waals surface area contributed by atoms with Crippen LogP contribution in [0.15, 0.2) is 151 Å². The van der Waals surface area contributed by atoms with Gasteiger partial charge in [0.05, 0.1) is 18.8 Å². The lowest BCUT2D eigenvalue weighted by Gasteiger charge is -2.43. The van der Waals surface area contributed by atoms with Gasteiger partial charge >= 0.3 is 5.97 Å². The molecule has 1 fully saturated rings. The van der Waals surface area contributed by atoms with Crippen molar-refractivity contribution in [2.75, 3.05) is 20.5 Å². The first-order valence-corrected chi connectivity index (χ1v) is 36.5. The zero-order chi connectivity index (χ0) is 54.8. The fraction of sp³-hybridized carbons (Fsp3) is 0.476. The van der Waals surface area contributed by atoms with Gasteiger partial charge in [0, 0.05) is 25.3 Å². The quantitative estimate of drug-likeness (QED) is 0.0202. The molecule has 0 aromatic heterocycles. The third-order valence-corrected chi connectivity index (χ3v) is 27.4. The van der Waals surface area contributed by atoms with Crippen molar-refractivity contribution < 1.29 is 37.7 Å². The maximum Gasteiger partial charge on any atom is 0.342 e. The molecule has 1 saturated heterocycles. The molecule has 6 rings (SSSR count). The van der Waals surface area contributed by atoms with Crippen LogP contribution in [0, 0.1) is 11.8 Å². The molecule has 0 spiro atoms. The highest BCUT2D eigenvalue weighted by atomic mass is 32.2. The minimum Gasteiger partial charge on any atom is -0.467 e. The summed E-state index contributed by atoms with van der Waals surface area (Å²) in [5.41, 5.74) is 3.20. The van der Waals surface area contributed by atoms with Crippen molar-refractivity contribution >= 4 is 52.8 Å². The number of benzene rings is 5. The number of carbonyl (C=O) groups excluding carboxylic acids is 1. The Morgan fingerprint density at radius 2 is 1.33 bits per heavy atom. The molecular weight excluding hydrogens is 1000 g/mol. The molecule has 75 heavy (non-hydrogen) atoms. The van der Waals surface area contributed by atoms with Gasteiger partial charge in [-0.3, -0.25) is 0 Å². The molecule has 1 heterocycles. The van der Waals surface area contributed by atoms with E-state index in [9.17, 15) is 9.59 Å². The number of thioether (sulfide) groups is 1. The number of esters is 1. The van der Waals surface area contributed by atoms with E-state index < -0.39 is 53.7 Å². The van der Waals surface area contributed by atoms with Crippen molar-refractivity contribution in [1.82, 2.24) is 0 Å². The van der Waals surface area contributed by atoms with Crippen LogP contribution in [0.5, 0.6) is 5.75 Å². The summed E-state index contributed by atoms with van der Waals surface area (Å²) in [4.78, 5) is 28.9. The van der Waals surface area contributed by atoms with E-state index in [2.05, 4.69) is 160 Å². The Labute approximate surface area is 458 Å². The Kier molecular flexibility index (Phi) is 20.5. The lowest BCUT2D eigenvalue weighted by molar-refractivity contribution is -0.152. The van der Waals surface area contributed by atoms with Crippen LogP contribution in [-0.4, -0.2) is 80.1 Å². The molecule has 0 aliphatic carbocycles. The smallest absolute Gasteiger partial charge is 0.342 e. The summed E-state index contributed by atoms with van der Waals surface area (Å²) >= 11 is 1.73. The molecule has 1 aliphatic heterocycles. The second-order valence-corrected chi connectivity index (χ2v) is 40.1. The van der Waals surface area contributed by atoms with Crippen LogP contribution in [0.1, 0.15) is 103 Å². The summed E-state index contributed by atoms with van der Waals surface area (Å²) in [5.74, 6) is -0.500. The van der Waals surface area contributed by atoms with Gasteiger partial charge in [0.2, 0.25) is 0 Å². The predicted molar refractivity (Wildman–Crippen MR) is 319 cm³/mol. The van der Waals surface area contributed by atoms with Gasteiger partial charge in [-0.2, -0.15) is 0 Å². The van der Waals surface area contributed by atoms with Gasteiger partial charge in [0.1, 0.15) is 17.4 Å². The molecule has 5 aromatic carbocycles. The molecule has 6 atom stereocenters. The first-order valence-electron chi connectivity index (χ1n) is 27.0. The zero-order valence-corrected chi connectivity index (χ0v) is 51.6. The summed E-state index contributed by atoms with van der Waals surface area (Å²) in [5, 5.41) is 1.31. The Balaban J connectivity index is 1.39. The molecule has 8 nitrogen and oxygen atoms in total. The molecule has 0 radical (unpaired) electrons. The summed E-state index contributed by atoms with van der Waals surface area (Å²) < 4.78 is 39.4. The third-order valence-electron chi connectivity index (χ3n) is 15.4. The number of hydrogen-bond donors (Lipinski definition) is 1. The van der Waals surface area contributed by atoms with Crippen molar-refractivity contribution in [2.45, 2.75) is 165 Å². The molecule has 406 valence electrons. The van der Waals surface area contributed by atoms with E-state index >= 15 is 0 Å². The summed E-state index contributed by atoms with van der Waals surface area (Å²) in [6, 6.07) is 46.0. The van der Waals surface area contributed by atoms with Crippen LogP contribution in [-0.2, 0) is 23.4 Å². The number of allylic oxidation sites excluding steroid dienone is 1. The van der Waals surface area contributed by atoms with E-state index in [4.69, 9.17) is 28.1 Å². The molecule has 1 aliphatic rings. The van der Waals surface area contributed by atoms with Crippen LogP contribution in [0.25, 0.3) is 11.1 Å². The molecular formula is C63H88O8SSi3. The number of rotatable bonds is 25. The van der Waals surface area contributed by atoms with Crippen molar-refractivity contribution in [3.63, 3.8) is 0 Å². The SMILES string of the molecule is COCOc1ccc(-c2ccccc2)c(C(CC[C@@H]2OC(C)(C)O[C@@H]2C(/C=C\[C@@H](C)[C@H](C)CC(C)(C)[Si](O)(c2ccccc2)c2ccccc2)O[Si](C)(C)C(C)(C)C)Sc2ccccc2)c1C(=O)OCC[Si](C)(C)C. The molecule has 0 saturated carbocycles. The average molecular weight is 1090 g/mol. The monoisotopic (exact) mass is 1090 g/mol. The highest BCUT2D eigenvalue weighted by Gasteiger charge is 2.51. The third kappa shape index (κ3) is 15.6. The minimum absolute atomic E-state index is 0.0244. The van der Waals surface area contributed by atoms with Crippen LogP contribution in [0.2, 0.25) is 48.9 Å². The maximum absolute atomic E-state index is 14.8. The lowest BCUT2D eigenvalue weighted by atomic mass is 9.86. The van der Waals surface area contributed by atoms with Crippen LogP contribution >= 0.6 is 11.8 Å². The number of carbonyl (C=O) groups is 1. The number of methoxy groups -OCH3 is 1. The molecule has 0 bridgehead atoms. The fourth-order valence-corrected chi connectivity index (χ4v) is 17.1. The van der Waals surface area contributed by atoms with E-state index in [0.29, 0.717) is 30.8 Å². The van der Waals surface area contributed by atoms with Crippen LogP contribution in [0.3, 0.4) is 0 Å². The van der Waals surface area contributed by atoms with Gasteiger partial charge < -0.3 is 32.9 Å². The summed E-state index contributed by atoms with van der Waals surface area (Å²) in [7, 11) is -5.56. The molecule has 12 heteroatoms. The maximum atomic E-state index is 14.8. The summed E-state index contributed by atoms with van der Waals surface area (Å²) in [6.07, 6.45) is 5.41. The van der Waals surface area contributed by atoms with Gasteiger partial charge in [0.25, 0.3) is 8.32 Å². The average Bonchev–Trinajstić information content (AvgIpc) is 3.68. The van der Waals surface area contributed by atoms with Crippen molar-refractivity contribution in [3.05, 3.63) is 157 Å². The van der Waals surface area contributed by atoms with E-state index in [1.54, 1.807) is 18.9 Å². The van der Waals surface area contributed by atoms with Crippen LogP contribution in [0.4, 0.5) is 0 Å². The van der Waals surface area contributed by atoms with Crippen LogP contribution < -0.4 is 15.1 Å². The topological polar surface area (TPSA) is 92.7 Å². The number of ether oxygens (including phenoxy) is 5. The van der Waals surface area contributed by atoms with Crippen molar-refractivity contribution in [3.8, 4) is 16.9 Å². The number of hydrogen-bond acceptors (Lipinski definition) is 9. The van der Waals surface area contributed by atoms with Gasteiger partial charge in [-0.25, -0.2) is 4.79 Å². The first kappa shape index (κ1) is 60.1. The Hall–Kier alpha value is -4.09. The van der Waals surface area contributed by atoms with Gasteiger partial charge in [0.15, 0.2) is 20.9 Å². The molecule has 2 unspecified atom stereocenters.